The van der Waals surface area contributed by atoms with Gasteiger partial charge in [0.2, 0.25) is 0 Å². The van der Waals surface area contributed by atoms with E-state index in [1.165, 1.54) is 24.1 Å². The number of carbonyl (C=O) groups is 2. The van der Waals surface area contributed by atoms with Crippen LogP contribution in [0.4, 0.5) is 0 Å². The molecule has 2 aromatic carbocycles. The number of ketones is 1. The first-order valence-corrected chi connectivity index (χ1v) is 9.19. The molecule has 0 aromatic heterocycles. The predicted octanol–water partition coefficient (Wildman–Crippen LogP) is 3.62. The van der Waals surface area contributed by atoms with Crippen molar-refractivity contribution in [2.24, 2.45) is 0 Å². The molecule has 0 radical (unpaired) electrons. The topological polar surface area (TPSA) is 87.1 Å². The number of carbonyl (C=O) groups excluding carboxylic acids is 2. The Morgan fingerprint density at radius 1 is 1.14 bits per heavy atom. The maximum absolute atomic E-state index is 12.8. The largest absolute Gasteiger partial charge is 0.508 e. The van der Waals surface area contributed by atoms with E-state index < -0.39 is 17.7 Å². The molecular formula is C22H23NO5. The first kappa shape index (κ1) is 19.5. The van der Waals surface area contributed by atoms with Gasteiger partial charge in [-0.25, -0.2) is 0 Å². The molecule has 3 rings (SSSR count). The standard InChI is InChI=1S/C22H23NO5/c1-3-4-12-23-19(14-8-10-16(24)11-9-14)18(21(26)22(23)27)20(25)15-6-5-7-17(13-15)28-2/h5-11,13,19,24-25H,3-4,12H2,1-2H3/b20-18-. The number of rotatable bonds is 6. The van der Waals surface area contributed by atoms with Gasteiger partial charge < -0.3 is 19.8 Å². The third kappa shape index (κ3) is 3.58. The highest BCUT2D eigenvalue weighted by atomic mass is 16.5. The smallest absolute Gasteiger partial charge is 0.295 e. The molecule has 1 atom stereocenters. The number of aromatic hydroxyl groups is 1. The Morgan fingerprint density at radius 3 is 2.50 bits per heavy atom. The SMILES string of the molecule is CCCCN1C(=O)C(=O)/C(=C(\O)c2cccc(OC)c2)C1c1ccc(O)cc1. The molecule has 1 heterocycles. The average molecular weight is 381 g/mol. The summed E-state index contributed by atoms with van der Waals surface area (Å²) in [5, 5.41) is 20.5. The van der Waals surface area contributed by atoms with Crippen molar-refractivity contribution in [3.05, 3.63) is 65.2 Å². The summed E-state index contributed by atoms with van der Waals surface area (Å²) in [5.41, 5.74) is 1.09. The average Bonchev–Trinajstić information content (AvgIpc) is 2.97. The molecule has 1 unspecified atom stereocenters. The number of hydrogen-bond donors (Lipinski definition) is 2. The zero-order valence-electron chi connectivity index (χ0n) is 15.9. The number of hydrogen-bond acceptors (Lipinski definition) is 5. The lowest BCUT2D eigenvalue weighted by Crippen LogP contribution is -2.30. The van der Waals surface area contributed by atoms with E-state index in [2.05, 4.69) is 0 Å². The number of likely N-dealkylation sites (tertiary alicyclic amines) is 1. The predicted molar refractivity (Wildman–Crippen MR) is 105 cm³/mol. The molecule has 1 aliphatic rings. The number of aliphatic hydroxyl groups excluding tert-OH is 1. The molecule has 0 spiro atoms. The maximum Gasteiger partial charge on any atom is 0.295 e. The lowest BCUT2D eigenvalue weighted by atomic mass is 9.95. The van der Waals surface area contributed by atoms with Gasteiger partial charge in [0.1, 0.15) is 17.3 Å². The number of aliphatic hydroxyl groups is 1. The number of amides is 1. The Morgan fingerprint density at radius 2 is 1.86 bits per heavy atom. The van der Waals surface area contributed by atoms with Crippen LogP contribution in [-0.4, -0.2) is 40.5 Å². The normalized spacial score (nSPS) is 18.5. The van der Waals surface area contributed by atoms with Crippen molar-refractivity contribution in [2.45, 2.75) is 25.8 Å². The van der Waals surface area contributed by atoms with Crippen molar-refractivity contribution in [1.82, 2.24) is 4.90 Å². The van der Waals surface area contributed by atoms with Gasteiger partial charge in [0, 0.05) is 12.1 Å². The summed E-state index contributed by atoms with van der Waals surface area (Å²) in [6, 6.07) is 12.3. The van der Waals surface area contributed by atoms with Gasteiger partial charge in [0.15, 0.2) is 0 Å². The molecule has 1 fully saturated rings. The fraction of sp³-hybridized carbons (Fsp3) is 0.273. The van der Waals surface area contributed by atoms with Crippen LogP contribution in [0.15, 0.2) is 54.1 Å². The van der Waals surface area contributed by atoms with Gasteiger partial charge in [-0.2, -0.15) is 0 Å². The number of phenolic OH excluding ortho intramolecular Hbond substituents is 1. The molecule has 28 heavy (non-hydrogen) atoms. The number of benzene rings is 2. The number of ether oxygens (including phenoxy) is 1. The van der Waals surface area contributed by atoms with E-state index in [0.717, 1.165) is 12.8 Å². The van der Waals surface area contributed by atoms with Crippen LogP contribution in [0.5, 0.6) is 11.5 Å². The molecule has 146 valence electrons. The molecule has 6 heteroatoms. The van der Waals surface area contributed by atoms with Gasteiger partial charge in [0.05, 0.1) is 18.7 Å². The van der Waals surface area contributed by atoms with Crippen LogP contribution in [0, 0.1) is 0 Å². The van der Waals surface area contributed by atoms with E-state index in [1.54, 1.807) is 36.4 Å². The second kappa shape index (κ2) is 8.17. The minimum atomic E-state index is -0.713. The number of phenols is 1. The van der Waals surface area contributed by atoms with Crippen LogP contribution in [-0.2, 0) is 9.59 Å². The zero-order valence-corrected chi connectivity index (χ0v) is 15.9. The molecule has 2 N–H and O–H groups in total. The van der Waals surface area contributed by atoms with Crippen molar-refractivity contribution in [2.75, 3.05) is 13.7 Å². The van der Waals surface area contributed by atoms with Gasteiger partial charge in [-0.15, -0.1) is 0 Å². The minimum absolute atomic E-state index is 0.0417. The molecule has 0 bridgehead atoms. The Hall–Kier alpha value is -3.28. The molecule has 1 amide bonds. The van der Waals surface area contributed by atoms with Crippen LogP contribution in [0.2, 0.25) is 0 Å². The summed E-state index contributed by atoms with van der Waals surface area (Å²) in [6.07, 6.45) is 1.60. The van der Waals surface area contributed by atoms with E-state index in [9.17, 15) is 19.8 Å². The first-order valence-electron chi connectivity index (χ1n) is 9.19. The fourth-order valence-corrected chi connectivity index (χ4v) is 3.37. The summed E-state index contributed by atoms with van der Waals surface area (Å²) >= 11 is 0. The Kier molecular flexibility index (Phi) is 5.68. The van der Waals surface area contributed by atoms with Crippen LogP contribution in [0.3, 0.4) is 0 Å². The van der Waals surface area contributed by atoms with E-state index in [4.69, 9.17) is 4.74 Å². The third-order valence-electron chi connectivity index (χ3n) is 4.84. The van der Waals surface area contributed by atoms with E-state index in [0.29, 0.717) is 23.4 Å². The number of unbranched alkanes of at least 4 members (excludes halogenated alkanes) is 1. The minimum Gasteiger partial charge on any atom is -0.508 e. The van der Waals surface area contributed by atoms with Crippen molar-refractivity contribution in [1.29, 1.82) is 0 Å². The van der Waals surface area contributed by atoms with E-state index >= 15 is 0 Å². The van der Waals surface area contributed by atoms with Crippen molar-refractivity contribution in [3.8, 4) is 11.5 Å². The Labute approximate surface area is 163 Å². The number of Topliss-reactive ketones (excluding diaryl/α,β-unsaturated/α-hetero) is 1. The van der Waals surface area contributed by atoms with Gasteiger partial charge in [-0.1, -0.05) is 37.6 Å². The van der Waals surface area contributed by atoms with Crippen molar-refractivity contribution < 1.29 is 24.5 Å². The first-order chi connectivity index (χ1) is 13.5. The van der Waals surface area contributed by atoms with Gasteiger partial charge >= 0.3 is 0 Å². The molecule has 0 saturated carbocycles. The van der Waals surface area contributed by atoms with Crippen LogP contribution in [0.1, 0.15) is 36.9 Å². The monoisotopic (exact) mass is 381 g/mol. The Bertz CT molecular complexity index is 917. The van der Waals surface area contributed by atoms with Gasteiger partial charge in [0.25, 0.3) is 11.7 Å². The van der Waals surface area contributed by atoms with Crippen LogP contribution < -0.4 is 4.74 Å². The van der Waals surface area contributed by atoms with Crippen molar-refractivity contribution in [3.63, 3.8) is 0 Å². The van der Waals surface area contributed by atoms with E-state index in [-0.39, 0.29) is 17.1 Å². The summed E-state index contributed by atoms with van der Waals surface area (Å²) in [5.74, 6) is -0.965. The van der Waals surface area contributed by atoms with Gasteiger partial charge in [-0.3, -0.25) is 9.59 Å². The summed E-state index contributed by atoms with van der Waals surface area (Å²) in [6.45, 7) is 2.41. The summed E-state index contributed by atoms with van der Waals surface area (Å²) in [4.78, 5) is 27.0. The maximum atomic E-state index is 12.8. The zero-order chi connectivity index (χ0) is 20.3. The highest BCUT2D eigenvalue weighted by Gasteiger charge is 2.45. The third-order valence-corrected chi connectivity index (χ3v) is 4.84. The second-order valence-electron chi connectivity index (χ2n) is 6.67. The summed E-state index contributed by atoms with van der Waals surface area (Å²) < 4.78 is 5.19. The van der Waals surface area contributed by atoms with E-state index in [1.807, 2.05) is 6.92 Å². The van der Waals surface area contributed by atoms with Crippen LogP contribution >= 0.6 is 0 Å². The highest BCUT2D eigenvalue weighted by Crippen LogP contribution is 2.40. The molecule has 0 aliphatic carbocycles. The fourth-order valence-electron chi connectivity index (χ4n) is 3.37. The molecule has 2 aromatic rings. The molecular weight excluding hydrogens is 358 g/mol. The number of methoxy groups -OCH3 is 1. The molecule has 1 aliphatic heterocycles. The van der Waals surface area contributed by atoms with Crippen molar-refractivity contribution >= 4 is 17.4 Å². The second-order valence-corrected chi connectivity index (χ2v) is 6.67. The summed E-state index contributed by atoms with van der Waals surface area (Å²) in [7, 11) is 1.51. The molecule has 6 nitrogen and oxygen atoms in total. The quantitative estimate of drug-likeness (QED) is 0.453. The van der Waals surface area contributed by atoms with Crippen LogP contribution in [0.25, 0.3) is 5.76 Å². The lowest BCUT2D eigenvalue weighted by molar-refractivity contribution is -0.139. The Balaban J connectivity index is 2.15. The lowest BCUT2D eigenvalue weighted by Gasteiger charge is -2.25. The molecule has 1 saturated heterocycles. The number of nitrogens with zero attached hydrogens (tertiary/aromatic N) is 1. The highest BCUT2D eigenvalue weighted by molar-refractivity contribution is 6.46. The van der Waals surface area contributed by atoms with Gasteiger partial charge in [-0.05, 0) is 36.2 Å².